The van der Waals surface area contributed by atoms with Crippen LogP contribution in [0.15, 0.2) is 23.1 Å². The molecule has 0 amide bonds. The Morgan fingerprint density at radius 3 is 2.75 bits per heavy atom. The normalized spacial score (nSPS) is 10.2. The number of thioether (sulfide) groups is 1. The Labute approximate surface area is 84.2 Å². The number of aryl methyl sites for hydroxylation is 2. The highest BCUT2D eigenvalue weighted by atomic mass is 32.2. The smallest absolute Gasteiger partial charge is 0.0104 e. The van der Waals surface area contributed by atoms with Crippen LogP contribution < -0.4 is 0 Å². The van der Waals surface area contributed by atoms with Crippen molar-refractivity contribution < 1.29 is 0 Å². The lowest BCUT2D eigenvalue weighted by atomic mass is 10.2. The minimum atomic E-state index is 0.943. The van der Waals surface area contributed by atoms with Crippen LogP contribution in [-0.4, -0.2) is 11.5 Å². The van der Waals surface area contributed by atoms with E-state index in [1.165, 1.54) is 16.0 Å². The molecule has 0 bridgehead atoms. The first-order valence-electron chi connectivity index (χ1n) is 4.05. The molecule has 0 saturated carbocycles. The van der Waals surface area contributed by atoms with Crippen LogP contribution in [0, 0.1) is 13.8 Å². The molecule has 0 radical (unpaired) electrons. The zero-order chi connectivity index (χ0) is 8.97. The van der Waals surface area contributed by atoms with Crippen molar-refractivity contribution in [2.24, 2.45) is 0 Å². The second-order valence-electron chi connectivity index (χ2n) is 2.84. The van der Waals surface area contributed by atoms with E-state index in [4.69, 9.17) is 0 Å². The number of hydrogen-bond acceptors (Lipinski definition) is 2. The lowest BCUT2D eigenvalue weighted by molar-refractivity contribution is 1.26. The third-order valence-corrected chi connectivity index (χ3v) is 3.38. The van der Waals surface area contributed by atoms with Crippen molar-refractivity contribution in [2.45, 2.75) is 18.7 Å². The molecular formula is C10H14S2. The maximum absolute atomic E-state index is 4.19. The van der Waals surface area contributed by atoms with Crippen LogP contribution in [-0.2, 0) is 0 Å². The van der Waals surface area contributed by atoms with Crippen LogP contribution >= 0.6 is 24.4 Å². The summed E-state index contributed by atoms with van der Waals surface area (Å²) in [6.07, 6.45) is 0. The second-order valence-corrected chi connectivity index (χ2v) is 4.42. The molecule has 0 aliphatic heterocycles. The molecule has 0 aliphatic carbocycles. The summed E-state index contributed by atoms with van der Waals surface area (Å²) >= 11 is 6.07. The molecule has 0 saturated heterocycles. The van der Waals surface area contributed by atoms with Crippen molar-refractivity contribution in [3.63, 3.8) is 0 Å². The van der Waals surface area contributed by atoms with Crippen molar-refractivity contribution in [2.75, 3.05) is 11.5 Å². The molecule has 0 N–H and O–H groups in total. The average Bonchev–Trinajstić information content (AvgIpc) is 2.07. The van der Waals surface area contributed by atoms with E-state index in [2.05, 4.69) is 44.7 Å². The van der Waals surface area contributed by atoms with Gasteiger partial charge in [-0.3, -0.25) is 0 Å². The van der Waals surface area contributed by atoms with Crippen molar-refractivity contribution in [1.82, 2.24) is 0 Å². The summed E-state index contributed by atoms with van der Waals surface area (Å²) in [6.45, 7) is 4.28. The molecule has 1 aromatic carbocycles. The molecule has 0 fully saturated rings. The van der Waals surface area contributed by atoms with E-state index < -0.39 is 0 Å². The summed E-state index contributed by atoms with van der Waals surface area (Å²) in [5, 5.41) is 0. The molecule has 0 heterocycles. The van der Waals surface area contributed by atoms with Gasteiger partial charge in [0, 0.05) is 10.6 Å². The Morgan fingerprint density at radius 1 is 1.33 bits per heavy atom. The van der Waals surface area contributed by atoms with Crippen LogP contribution in [0.1, 0.15) is 11.1 Å². The molecule has 0 aliphatic rings. The molecule has 66 valence electrons. The topological polar surface area (TPSA) is 0 Å². The summed E-state index contributed by atoms with van der Waals surface area (Å²) in [6, 6.07) is 6.57. The van der Waals surface area contributed by atoms with Gasteiger partial charge in [0.25, 0.3) is 0 Å². The first kappa shape index (κ1) is 10.0. The number of rotatable bonds is 3. The SMILES string of the molecule is Cc1ccc(C)c(SCCS)c1. The molecule has 1 rings (SSSR count). The minimum Gasteiger partial charge on any atom is -0.178 e. The van der Waals surface area contributed by atoms with E-state index in [0.717, 1.165) is 11.5 Å². The zero-order valence-corrected chi connectivity index (χ0v) is 9.21. The fourth-order valence-electron chi connectivity index (χ4n) is 1.02. The summed E-state index contributed by atoms with van der Waals surface area (Å²) in [5.74, 6) is 2.03. The maximum atomic E-state index is 4.19. The van der Waals surface area contributed by atoms with Gasteiger partial charge in [0.2, 0.25) is 0 Å². The van der Waals surface area contributed by atoms with Gasteiger partial charge in [0.15, 0.2) is 0 Å². The van der Waals surface area contributed by atoms with Crippen molar-refractivity contribution in [3.05, 3.63) is 29.3 Å². The van der Waals surface area contributed by atoms with E-state index in [0.29, 0.717) is 0 Å². The van der Waals surface area contributed by atoms with Crippen molar-refractivity contribution in [1.29, 1.82) is 0 Å². The first-order valence-corrected chi connectivity index (χ1v) is 5.67. The van der Waals surface area contributed by atoms with Gasteiger partial charge in [-0.15, -0.1) is 11.8 Å². The van der Waals surface area contributed by atoms with E-state index >= 15 is 0 Å². The van der Waals surface area contributed by atoms with Gasteiger partial charge >= 0.3 is 0 Å². The van der Waals surface area contributed by atoms with Gasteiger partial charge in [0.05, 0.1) is 0 Å². The highest BCUT2D eigenvalue weighted by Crippen LogP contribution is 2.23. The van der Waals surface area contributed by atoms with E-state index in [-0.39, 0.29) is 0 Å². The highest BCUT2D eigenvalue weighted by molar-refractivity contribution is 8.00. The maximum Gasteiger partial charge on any atom is 0.0104 e. The molecule has 0 nitrogen and oxygen atoms in total. The van der Waals surface area contributed by atoms with Gasteiger partial charge in [-0.2, -0.15) is 12.6 Å². The summed E-state index contributed by atoms with van der Waals surface area (Å²) < 4.78 is 0. The fourth-order valence-corrected chi connectivity index (χ4v) is 2.17. The predicted molar refractivity (Wildman–Crippen MR) is 60.5 cm³/mol. The quantitative estimate of drug-likeness (QED) is 0.574. The van der Waals surface area contributed by atoms with Gasteiger partial charge < -0.3 is 0 Å². The van der Waals surface area contributed by atoms with Crippen LogP contribution in [0.4, 0.5) is 0 Å². The van der Waals surface area contributed by atoms with Gasteiger partial charge in [0.1, 0.15) is 0 Å². The zero-order valence-electron chi connectivity index (χ0n) is 7.50. The van der Waals surface area contributed by atoms with Crippen LogP contribution in [0.25, 0.3) is 0 Å². The van der Waals surface area contributed by atoms with Crippen LogP contribution in [0.2, 0.25) is 0 Å². The van der Waals surface area contributed by atoms with E-state index in [1.807, 2.05) is 11.8 Å². The standard InChI is InChI=1S/C10H14S2/c1-8-3-4-9(2)10(7-8)12-6-5-11/h3-4,7,11H,5-6H2,1-2H3. The highest BCUT2D eigenvalue weighted by Gasteiger charge is 1.97. The summed E-state index contributed by atoms with van der Waals surface area (Å²) in [5.41, 5.74) is 2.70. The predicted octanol–water partition coefficient (Wildman–Crippen LogP) is 3.33. The van der Waals surface area contributed by atoms with E-state index in [9.17, 15) is 0 Å². The Morgan fingerprint density at radius 2 is 2.08 bits per heavy atom. The van der Waals surface area contributed by atoms with Crippen LogP contribution in [0.3, 0.4) is 0 Å². The van der Waals surface area contributed by atoms with Gasteiger partial charge in [-0.05, 0) is 31.2 Å². The second kappa shape index (κ2) is 4.83. The van der Waals surface area contributed by atoms with Crippen LogP contribution in [0.5, 0.6) is 0 Å². The molecule has 2 heteroatoms. The Kier molecular flexibility index (Phi) is 4.02. The third kappa shape index (κ3) is 2.76. The van der Waals surface area contributed by atoms with E-state index in [1.54, 1.807) is 0 Å². The molecule has 0 spiro atoms. The Hall–Kier alpha value is -0.0800. The lowest BCUT2D eigenvalue weighted by Crippen LogP contribution is -1.84. The van der Waals surface area contributed by atoms with Crippen molar-refractivity contribution >= 4 is 24.4 Å². The largest absolute Gasteiger partial charge is 0.178 e. The molecule has 0 unspecified atom stereocenters. The number of hydrogen-bond donors (Lipinski definition) is 1. The third-order valence-electron chi connectivity index (χ3n) is 1.69. The Bertz CT molecular complexity index is 256. The first-order chi connectivity index (χ1) is 5.74. The van der Waals surface area contributed by atoms with Crippen molar-refractivity contribution in [3.8, 4) is 0 Å². The molecule has 0 atom stereocenters. The molecule has 1 aromatic rings. The summed E-state index contributed by atoms with van der Waals surface area (Å²) in [4.78, 5) is 1.39. The summed E-state index contributed by atoms with van der Waals surface area (Å²) in [7, 11) is 0. The molecular weight excluding hydrogens is 184 g/mol. The minimum absolute atomic E-state index is 0.943. The lowest BCUT2D eigenvalue weighted by Gasteiger charge is -2.04. The van der Waals surface area contributed by atoms with Gasteiger partial charge in [-0.25, -0.2) is 0 Å². The number of thiol groups is 1. The van der Waals surface area contributed by atoms with Gasteiger partial charge in [-0.1, -0.05) is 17.7 Å². The molecule has 12 heavy (non-hydrogen) atoms. The Balaban J connectivity index is 2.75. The molecule has 0 aromatic heterocycles. The monoisotopic (exact) mass is 198 g/mol. The number of benzene rings is 1. The average molecular weight is 198 g/mol. The fraction of sp³-hybridized carbons (Fsp3) is 0.400.